The largest absolute Gasteiger partial charge is 0.205 e. The zero-order chi connectivity index (χ0) is 10.6. The van der Waals surface area contributed by atoms with Gasteiger partial charge in [-0.25, -0.2) is 4.39 Å². The highest BCUT2D eigenvalue weighted by molar-refractivity contribution is 9.09. The molecule has 0 aliphatic carbocycles. The fraction of sp³-hybridized carbons (Fsp3) is 0.455. The van der Waals surface area contributed by atoms with Crippen LogP contribution < -0.4 is 0 Å². The zero-order valence-corrected chi connectivity index (χ0v) is 10.4. The summed E-state index contributed by atoms with van der Waals surface area (Å²) in [6.07, 6.45) is 1.97. The van der Waals surface area contributed by atoms with Gasteiger partial charge in [-0.1, -0.05) is 40.5 Å². The van der Waals surface area contributed by atoms with Gasteiger partial charge in [-0.2, -0.15) is 0 Å². The van der Waals surface area contributed by atoms with Gasteiger partial charge in [-0.15, -0.1) is 0 Å². The predicted octanol–water partition coefficient (Wildman–Crippen LogP) is 4.44. The minimum atomic E-state index is -0.323. The Morgan fingerprint density at radius 1 is 1.50 bits per heavy atom. The molecule has 0 bridgehead atoms. The molecule has 0 N–H and O–H groups in total. The van der Waals surface area contributed by atoms with Crippen molar-refractivity contribution in [3.63, 3.8) is 0 Å². The molecule has 1 atom stereocenters. The SMILES string of the molecule is CC(CBr)CCc1ccc(Cl)c(F)c1. The Balaban J connectivity index is 2.55. The Bertz CT molecular complexity index is 301. The van der Waals surface area contributed by atoms with Gasteiger partial charge in [0.1, 0.15) is 5.82 Å². The highest BCUT2D eigenvalue weighted by Crippen LogP contribution is 2.18. The quantitative estimate of drug-likeness (QED) is 0.715. The number of hydrogen-bond donors (Lipinski definition) is 0. The van der Waals surface area contributed by atoms with Gasteiger partial charge in [-0.05, 0) is 36.5 Å². The molecule has 0 saturated heterocycles. The molecular formula is C11H13BrClF. The summed E-state index contributed by atoms with van der Waals surface area (Å²) in [6.45, 7) is 2.17. The van der Waals surface area contributed by atoms with Crippen LogP contribution in [-0.2, 0) is 6.42 Å². The molecule has 0 spiro atoms. The number of rotatable bonds is 4. The van der Waals surface area contributed by atoms with E-state index >= 15 is 0 Å². The first-order valence-corrected chi connectivity index (χ1v) is 6.13. The molecule has 0 aromatic heterocycles. The van der Waals surface area contributed by atoms with Crippen molar-refractivity contribution in [3.8, 4) is 0 Å². The summed E-state index contributed by atoms with van der Waals surface area (Å²) >= 11 is 9.01. The van der Waals surface area contributed by atoms with Crippen molar-refractivity contribution < 1.29 is 4.39 Å². The molecule has 1 aromatic rings. The van der Waals surface area contributed by atoms with E-state index in [2.05, 4.69) is 22.9 Å². The second-order valence-corrected chi connectivity index (χ2v) is 4.60. The lowest BCUT2D eigenvalue weighted by Gasteiger charge is -2.07. The van der Waals surface area contributed by atoms with Crippen LogP contribution >= 0.6 is 27.5 Å². The van der Waals surface area contributed by atoms with Crippen molar-refractivity contribution in [1.29, 1.82) is 0 Å². The molecule has 0 amide bonds. The highest BCUT2D eigenvalue weighted by atomic mass is 79.9. The van der Waals surface area contributed by atoms with E-state index in [1.165, 1.54) is 6.07 Å². The molecular weight excluding hydrogens is 266 g/mol. The number of benzene rings is 1. The summed E-state index contributed by atoms with van der Waals surface area (Å²) < 4.78 is 13.0. The molecule has 0 saturated carbocycles. The molecule has 14 heavy (non-hydrogen) atoms. The predicted molar refractivity (Wildman–Crippen MR) is 62.7 cm³/mol. The van der Waals surface area contributed by atoms with Crippen molar-refractivity contribution >= 4 is 27.5 Å². The van der Waals surface area contributed by atoms with E-state index in [4.69, 9.17) is 11.6 Å². The lowest BCUT2D eigenvalue weighted by atomic mass is 10.0. The van der Waals surface area contributed by atoms with Gasteiger partial charge < -0.3 is 0 Å². The standard InChI is InChI=1S/C11H13BrClF/c1-8(7-12)2-3-9-4-5-10(13)11(14)6-9/h4-6,8H,2-3,7H2,1H3. The summed E-state index contributed by atoms with van der Waals surface area (Å²) in [5.74, 6) is 0.296. The van der Waals surface area contributed by atoms with Crippen molar-refractivity contribution in [2.45, 2.75) is 19.8 Å². The van der Waals surface area contributed by atoms with Gasteiger partial charge in [-0.3, -0.25) is 0 Å². The molecule has 0 radical (unpaired) electrons. The molecule has 1 rings (SSSR count). The van der Waals surface area contributed by atoms with E-state index in [0.29, 0.717) is 5.92 Å². The Hall–Kier alpha value is -0.0800. The molecule has 3 heteroatoms. The van der Waals surface area contributed by atoms with Gasteiger partial charge in [0.25, 0.3) is 0 Å². The average Bonchev–Trinajstić information content (AvgIpc) is 2.19. The van der Waals surface area contributed by atoms with Crippen molar-refractivity contribution in [2.24, 2.45) is 5.92 Å². The van der Waals surface area contributed by atoms with Gasteiger partial charge in [0, 0.05) is 5.33 Å². The summed E-state index contributed by atoms with van der Waals surface area (Å²) in [7, 11) is 0. The summed E-state index contributed by atoms with van der Waals surface area (Å²) in [5.41, 5.74) is 1.01. The Kier molecular flexibility index (Phi) is 4.90. The van der Waals surface area contributed by atoms with Gasteiger partial charge in [0.15, 0.2) is 0 Å². The van der Waals surface area contributed by atoms with E-state index in [0.717, 1.165) is 23.7 Å². The van der Waals surface area contributed by atoms with Crippen LogP contribution in [0.3, 0.4) is 0 Å². The first-order valence-electron chi connectivity index (χ1n) is 4.63. The van der Waals surface area contributed by atoms with Crippen LogP contribution in [0.5, 0.6) is 0 Å². The van der Waals surface area contributed by atoms with Crippen molar-refractivity contribution in [3.05, 3.63) is 34.6 Å². The zero-order valence-electron chi connectivity index (χ0n) is 8.06. The second kappa shape index (κ2) is 5.72. The molecule has 1 aromatic carbocycles. The highest BCUT2D eigenvalue weighted by Gasteiger charge is 2.03. The van der Waals surface area contributed by atoms with Crippen LogP contribution in [0, 0.1) is 11.7 Å². The van der Waals surface area contributed by atoms with Crippen LogP contribution in [-0.4, -0.2) is 5.33 Å². The van der Waals surface area contributed by atoms with E-state index in [1.807, 2.05) is 6.07 Å². The third-order valence-electron chi connectivity index (χ3n) is 2.17. The molecule has 1 unspecified atom stereocenters. The number of hydrogen-bond acceptors (Lipinski definition) is 0. The molecule has 0 aliphatic rings. The van der Waals surface area contributed by atoms with Gasteiger partial charge in [0.05, 0.1) is 5.02 Å². The van der Waals surface area contributed by atoms with E-state index in [9.17, 15) is 4.39 Å². The lowest BCUT2D eigenvalue weighted by molar-refractivity contribution is 0.592. The average molecular weight is 280 g/mol. The summed E-state index contributed by atoms with van der Waals surface area (Å²) in [6, 6.07) is 5.01. The molecule has 0 fully saturated rings. The Morgan fingerprint density at radius 3 is 2.79 bits per heavy atom. The summed E-state index contributed by atoms with van der Waals surface area (Å²) in [4.78, 5) is 0. The van der Waals surface area contributed by atoms with E-state index < -0.39 is 0 Å². The minimum Gasteiger partial charge on any atom is -0.205 e. The second-order valence-electron chi connectivity index (χ2n) is 3.55. The number of alkyl halides is 1. The maximum Gasteiger partial charge on any atom is 0.142 e. The topological polar surface area (TPSA) is 0 Å². The van der Waals surface area contributed by atoms with Crippen LogP contribution in [0.25, 0.3) is 0 Å². The van der Waals surface area contributed by atoms with Crippen LogP contribution in [0.1, 0.15) is 18.9 Å². The van der Waals surface area contributed by atoms with Crippen molar-refractivity contribution in [2.75, 3.05) is 5.33 Å². The van der Waals surface area contributed by atoms with Crippen LogP contribution in [0.15, 0.2) is 18.2 Å². The molecule has 0 heterocycles. The van der Waals surface area contributed by atoms with Gasteiger partial charge in [0.2, 0.25) is 0 Å². The normalized spacial score (nSPS) is 12.9. The number of aryl methyl sites for hydroxylation is 1. The maximum absolute atomic E-state index is 13.0. The smallest absolute Gasteiger partial charge is 0.142 e. The first-order chi connectivity index (χ1) is 6.63. The molecule has 0 nitrogen and oxygen atoms in total. The monoisotopic (exact) mass is 278 g/mol. The Morgan fingerprint density at radius 2 is 2.21 bits per heavy atom. The fourth-order valence-corrected chi connectivity index (χ4v) is 1.63. The Labute approximate surface area is 97.6 Å². The van der Waals surface area contributed by atoms with Crippen molar-refractivity contribution in [1.82, 2.24) is 0 Å². The van der Waals surface area contributed by atoms with Gasteiger partial charge >= 0.3 is 0 Å². The lowest BCUT2D eigenvalue weighted by Crippen LogP contribution is -1.98. The van der Waals surface area contributed by atoms with E-state index in [-0.39, 0.29) is 10.8 Å². The maximum atomic E-state index is 13.0. The van der Waals surface area contributed by atoms with Crippen LogP contribution in [0.4, 0.5) is 4.39 Å². The third kappa shape index (κ3) is 3.58. The number of halogens is 3. The molecule has 0 aliphatic heterocycles. The van der Waals surface area contributed by atoms with Crippen LogP contribution in [0.2, 0.25) is 5.02 Å². The third-order valence-corrected chi connectivity index (χ3v) is 3.59. The minimum absolute atomic E-state index is 0.197. The van der Waals surface area contributed by atoms with E-state index in [1.54, 1.807) is 6.07 Å². The first kappa shape index (κ1) is 12.0. The fourth-order valence-electron chi connectivity index (χ4n) is 1.19. The molecule has 78 valence electrons. The summed E-state index contributed by atoms with van der Waals surface area (Å²) in [5, 5.41) is 1.19.